The Morgan fingerprint density at radius 2 is 1.71 bits per heavy atom. The normalized spacial score (nSPS) is 11.6. The third-order valence-electron chi connectivity index (χ3n) is 4.82. The zero-order valence-corrected chi connectivity index (χ0v) is 18.9. The summed E-state index contributed by atoms with van der Waals surface area (Å²) >= 11 is 12.1. The number of rotatable bonds is 5. The number of carbonyl (C=O) groups is 1. The Balaban J connectivity index is 1.75. The molecule has 31 heavy (non-hydrogen) atoms. The highest BCUT2D eigenvalue weighted by Crippen LogP contribution is 2.33. The van der Waals surface area contributed by atoms with Crippen LogP contribution in [-0.4, -0.2) is 20.5 Å². The lowest BCUT2D eigenvalue weighted by molar-refractivity contribution is 0.101. The van der Waals surface area contributed by atoms with Gasteiger partial charge in [0.1, 0.15) is 5.58 Å². The number of furan rings is 1. The Hall–Kier alpha value is -2.80. The summed E-state index contributed by atoms with van der Waals surface area (Å²) < 4.78 is 31.4. The Kier molecular flexibility index (Phi) is 5.56. The second-order valence-electron chi connectivity index (χ2n) is 7.18. The molecule has 0 aliphatic rings. The van der Waals surface area contributed by atoms with Crippen LogP contribution in [0.3, 0.4) is 0 Å². The van der Waals surface area contributed by atoms with E-state index < -0.39 is 10.0 Å². The summed E-state index contributed by atoms with van der Waals surface area (Å²) in [5, 5.41) is 1.51. The van der Waals surface area contributed by atoms with Crippen LogP contribution in [0.25, 0.3) is 22.1 Å². The van der Waals surface area contributed by atoms with Gasteiger partial charge < -0.3 is 4.42 Å². The van der Waals surface area contributed by atoms with Gasteiger partial charge in [0, 0.05) is 27.2 Å². The van der Waals surface area contributed by atoms with Crippen molar-refractivity contribution < 1.29 is 17.6 Å². The van der Waals surface area contributed by atoms with Crippen molar-refractivity contribution in [3.05, 3.63) is 87.6 Å². The molecule has 4 rings (SSSR count). The number of hydrogen-bond donors (Lipinski definition) is 1. The van der Waals surface area contributed by atoms with Crippen molar-refractivity contribution in [3.8, 4) is 11.1 Å². The fourth-order valence-electron chi connectivity index (χ4n) is 3.39. The molecule has 0 radical (unpaired) electrons. The number of ketones is 1. The van der Waals surface area contributed by atoms with E-state index in [-0.39, 0.29) is 16.6 Å². The molecule has 5 nitrogen and oxygen atoms in total. The lowest BCUT2D eigenvalue weighted by Gasteiger charge is -2.07. The summed E-state index contributed by atoms with van der Waals surface area (Å²) in [5.41, 5.74) is 3.66. The highest BCUT2D eigenvalue weighted by atomic mass is 35.5. The van der Waals surface area contributed by atoms with E-state index in [0.29, 0.717) is 27.4 Å². The van der Waals surface area contributed by atoms with Gasteiger partial charge in [-0.25, -0.2) is 8.42 Å². The van der Waals surface area contributed by atoms with Gasteiger partial charge in [0.25, 0.3) is 0 Å². The average Bonchev–Trinajstić information content (AvgIpc) is 3.02. The van der Waals surface area contributed by atoms with Crippen LogP contribution in [0, 0.1) is 6.92 Å². The van der Waals surface area contributed by atoms with Crippen molar-refractivity contribution in [1.82, 2.24) is 0 Å². The molecule has 0 fully saturated rings. The van der Waals surface area contributed by atoms with Gasteiger partial charge in [-0.15, -0.1) is 0 Å². The molecule has 1 N–H and O–H groups in total. The fraction of sp³-hybridized carbons (Fsp3) is 0.0870. The molecule has 0 saturated heterocycles. The summed E-state index contributed by atoms with van der Waals surface area (Å²) in [6.45, 7) is 1.82. The molecule has 1 aromatic heterocycles. The Morgan fingerprint density at radius 3 is 2.42 bits per heavy atom. The van der Waals surface area contributed by atoms with Crippen LogP contribution in [0.1, 0.15) is 21.7 Å². The maximum absolute atomic E-state index is 13.0. The van der Waals surface area contributed by atoms with E-state index in [0.717, 1.165) is 22.8 Å². The maximum Gasteiger partial charge on any atom is 0.229 e. The minimum absolute atomic E-state index is 0.212. The Bertz CT molecular complexity index is 1440. The smallest absolute Gasteiger partial charge is 0.229 e. The van der Waals surface area contributed by atoms with Gasteiger partial charge in [-0.2, -0.15) is 0 Å². The topological polar surface area (TPSA) is 76.4 Å². The highest BCUT2D eigenvalue weighted by molar-refractivity contribution is 7.92. The number of aryl methyl sites for hydroxylation is 1. The van der Waals surface area contributed by atoms with Crippen LogP contribution in [-0.2, 0) is 10.0 Å². The van der Waals surface area contributed by atoms with Gasteiger partial charge >= 0.3 is 0 Å². The van der Waals surface area contributed by atoms with E-state index in [1.807, 2.05) is 31.2 Å². The molecule has 0 spiro atoms. The molecule has 8 heteroatoms. The molecule has 3 aromatic carbocycles. The monoisotopic (exact) mass is 473 g/mol. The third kappa shape index (κ3) is 4.46. The summed E-state index contributed by atoms with van der Waals surface area (Å²) in [6.07, 6.45) is 1.10. The quantitative estimate of drug-likeness (QED) is 0.344. The lowest BCUT2D eigenvalue weighted by Crippen LogP contribution is -2.09. The predicted molar refractivity (Wildman–Crippen MR) is 125 cm³/mol. The first-order valence-corrected chi connectivity index (χ1v) is 11.9. The van der Waals surface area contributed by atoms with E-state index in [2.05, 4.69) is 4.72 Å². The van der Waals surface area contributed by atoms with Gasteiger partial charge in [0.05, 0.1) is 11.3 Å². The van der Waals surface area contributed by atoms with Crippen molar-refractivity contribution in [2.24, 2.45) is 0 Å². The first-order valence-electron chi connectivity index (χ1n) is 9.23. The van der Waals surface area contributed by atoms with Crippen molar-refractivity contribution in [2.75, 3.05) is 11.0 Å². The summed E-state index contributed by atoms with van der Waals surface area (Å²) in [6, 6.07) is 17.3. The Labute approximate surface area is 189 Å². The molecule has 4 aromatic rings. The summed E-state index contributed by atoms with van der Waals surface area (Å²) in [5.74, 6) is -0.111. The highest BCUT2D eigenvalue weighted by Gasteiger charge is 2.21. The minimum Gasteiger partial charge on any atom is -0.452 e. The molecule has 0 aliphatic carbocycles. The maximum atomic E-state index is 13.0. The molecule has 0 aliphatic heterocycles. The van der Waals surface area contributed by atoms with Crippen molar-refractivity contribution in [2.45, 2.75) is 6.92 Å². The zero-order chi connectivity index (χ0) is 22.3. The number of halogens is 2. The number of fused-ring (bicyclic) bond motifs is 1. The SMILES string of the molecule is Cc1c(C(=O)c2ccc(Cl)cc2Cl)oc2cc(-c3cccc(NS(C)(=O)=O)c3)ccc12. The van der Waals surface area contributed by atoms with Gasteiger partial charge in [0.2, 0.25) is 15.8 Å². The number of nitrogens with one attached hydrogen (secondary N) is 1. The minimum atomic E-state index is -3.38. The van der Waals surface area contributed by atoms with Crippen LogP contribution in [0.4, 0.5) is 5.69 Å². The first kappa shape index (κ1) is 21.4. The van der Waals surface area contributed by atoms with E-state index in [1.165, 1.54) is 6.07 Å². The zero-order valence-electron chi connectivity index (χ0n) is 16.6. The molecular weight excluding hydrogens is 457 g/mol. The van der Waals surface area contributed by atoms with Crippen molar-refractivity contribution in [3.63, 3.8) is 0 Å². The summed E-state index contributed by atoms with van der Waals surface area (Å²) in [4.78, 5) is 13.0. The predicted octanol–water partition coefficient (Wildman–Crippen LogP) is 6.32. The van der Waals surface area contributed by atoms with Gasteiger partial charge in [-0.1, -0.05) is 47.5 Å². The van der Waals surface area contributed by atoms with Crippen LogP contribution in [0.2, 0.25) is 10.0 Å². The number of hydrogen-bond acceptors (Lipinski definition) is 4. The molecule has 0 bridgehead atoms. The molecule has 0 atom stereocenters. The van der Waals surface area contributed by atoms with Gasteiger partial charge in [-0.05, 0) is 54.4 Å². The van der Waals surface area contributed by atoms with E-state index >= 15 is 0 Å². The average molecular weight is 474 g/mol. The second kappa shape index (κ2) is 8.04. The van der Waals surface area contributed by atoms with Crippen LogP contribution >= 0.6 is 23.2 Å². The number of carbonyl (C=O) groups excluding carboxylic acids is 1. The standard InChI is InChI=1S/C23H17Cl2NO4S/c1-13-18-8-6-15(14-4-3-5-17(10-14)26-31(2,28)29)11-21(18)30-23(13)22(27)19-9-7-16(24)12-20(19)25/h3-12,26H,1-2H3. The number of benzene rings is 3. The lowest BCUT2D eigenvalue weighted by atomic mass is 10.0. The molecule has 158 valence electrons. The number of sulfonamides is 1. The van der Waals surface area contributed by atoms with E-state index in [9.17, 15) is 13.2 Å². The second-order valence-corrected chi connectivity index (χ2v) is 9.77. The van der Waals surface area contributed by atoms with Crippen molar-refractivity contribution >= 4 is 55.7 Å². The van der Waals surface area contributed by atoms with Crippen molar-refractivity contribution in [1.29, 1.82) is 0 Å². The van der Waals surface area contributed by atoms with Crippen LogP contribution in [0.5, 0.6) is 0 Å². The Morgan fingerprint density at radius 1 is 0.968 bits per heavy atom. The van der Waals surface area contributed by atoms with Gasteiger partial charge in [0.15, 0.2) is 5.76 Å². The number of anilines is 1. The molecular formula is C23H17Cl2NO4S. The van der Waals surface area contributed by atoms with E-state index in [4.69, 9.17) is 27.6 Å². The molecule has 0 amide bonds. The van der Waals surface area contributed by atoms with Gasteiger partial charge in [-0.3, -0.25) is 9.52 Å². The van der Waals surface area contributed by atoms with Crippen LogP contribution < -0.4 is 4.72 Å². The largest absolute Gasteiger partial charge is 0.452 e. The fourth-order valence-corrected chi connectivity index (χ4v) is 4.44. The molecule has 1 heterocycles. The molecule has 0 unspecified atom stereocenters. The first-order chi connectivity index (χ1) is 14.6. The third-order valence-corrected chi connectivity index (χ3v) is 5.97. The van der Waals surface area contributed by atoms with E-state index in [1.54, 1.807) is 30.3 Å². The van der Waals surface area contributed by atoms with Crippen LogP contribution in [0.15, 0.2) is 65.1 Å². The summed E-state index contributed by atoms with van der Waals surface area (Å²) in [7, 11) is -3.38. The molecule has 0 saturated carbocycles.